The van der Waals surface area contributed by atoms with E-state index in [-0.39, 0.29) is 18.9 Å². The summed E-state index contributed by atoms with van der Waals surface area (Å²) in [5.41, 5.74) is 10.9. The first kappa shape index (κ1) is 14.8. The fraction of sp³-hybridized carbons (Fsp3) is 0.778. The van der Waals surface area contributed by atoms with Gasteiger partial charge in [-0.15, -0.1) is 0 Å². The molecule has 1 unspecified atom stereocenters. The number of aliphatic carboxylic acids is 2. The second kappa shape index (κ2) is 8.03. The molecule has 94 valence electrons. The summed E-state index contributed by atoms with van der Waals surface area (Å²) in [5, 5.41) is 20.0. The van der Waals surface area contributed by atoms with E-state index in [1.807, 2.05) is 0 Å². The van der Waals surface area contributed by atoms with Crippen LogP contribution in [0, 0.1) is 0 Å². The van der Waals surface area contributed by atoms with E-state index in [9.17, 15) is 9.59 Å². The Bertz CT molecular complexity index is 235. The predicted octanol–water partition coefficient (Wildman–Crippen LogP) is -1.43. The van der Waals surface area contributed by atoms with Crippen molar-refractivity contribution in [2.45, 2.75) is 31.3 Å². The Morgan fingerprint density at radius 2 is 1.88 bits per heavy atom. The molecule has 7 nitrogen and oxygen atoms in total. The molecule has 0 saturated carbocycles. The lowest BCUT2D eigenvalue weighted by Crippen LogP contribution is -2.44. The first-order chi connectivity index (χ1) is 7.47. The van der Waals surface area contributed by atoms with Gasteiger partial charge >= 0.3 is 11.9 Å². The van der Waals surface area contributed by atoms with Gasteiger partial charge in [0, 0.05) is 19.0 Å². The Kier molecular flexibility index (Phi) is 7.44. The number of rotatable bonds is 9. The summed E-state index contributed by atoms with van der Waals surface area (Å²) in [5.74, 6) is -2.08. The summed E-state index contributed by atoms with van der Waals surface area (Å²) in [6.07, 6.45) is 0.453. The van der Waals surface area contributed by atoms with E-state index in [4.69, 9.17) is 21.7 Å². The summed E-state index contributed by atoms with van der Waals surface area (Å²) in [6, 6.07) is -1.09. The lowest BCUT2D eigenvalue weighted by Gasteiger charge is -2.16. The van der Waals surface area contributed by atoms with Crippen molar-refractivity contribution in [2.24, 2.45) is 11.5 Å². The summed E-state index contributed by atoms with van der Waals surface area (Å²) in [7, 11) is 0. The monoisotopic (exact) mass is 233 g/mol. The number of nitrogens with two attached hydrogens (primary N) is 2. The van der Waals surface area contributed by atoms with Crippen molar-refractivity contribution in [1.29, 1.82) is 0 Å². The zero-order chi connectivity index (χ0) is 12.6. The van der Waals surface area contributed by atoms with Crippen LogP contribution < -0.4 is 16.8 Å². The standard InChI is InChI=1S/C9H19N3O4/c10-4-3-6(11)5-12-7(9(15)16)1-2-8(13)14/h6-7,12H,1-5,10-11H2,(H,13,14)(H,15,16)/t6?,7-/m0/s1. The van der Waals surface area contributed by atoms with Gasteiger partial charge in [0.25, 0.3) is 0 Å². The molecule has 0 spiro atoms. The molecule has 0 aliphatic rings. The maximum absolute atomic E-state index is 10.8. The third kappa shape index (κ3) is 7.16. The van der Waals surface area contributed by atoms with E-state index in [0.29, 0.717) is 19.5 Å². The molecule has 0 bridgehead atoms. The first-order valence-electron chi connectivity index (χ1n) is 5.11. The Balaban J connectivity index is 3.94. The SMILES string of the molecule is NCCC(N)CN[C@@H](CCC(=O)O)C(=O)O. The van der Waals surface area contributed by atoms with Gasteiger partial charge in [-0.2, -0.15) is 0 Å². The first-order valence-corrected chi connectivity index (χ1v) is 5.11. The quantitative estimate of drug-likeness (QED) is 0.329. The number of hydrogen-bond acceptors (Lipinski definition) is 5. The Morgan fingerprint density at radius 1 is 1.25 bits per heavy atom. The number of carboxylic acid groups (broad SMARTS) is 2. The molecule has 0 radical (unpaired) electrons. The zero-order valence-corrected chi connectivity index (χ0v) is 9.06. The normalized spacial score (nSPS) is 14.4. The highest BCUT2D eigenvalue weighted by atomic mass is 16.4. The minimum absolute atomic E-state index is 0.0417. The molecule has 0 saturated heterocycles. The molecule has 0 fully saturated rings. The van der Waals surface area contributed by atoms with E-state index < -0.39 is 18.0 Å². The van der Waals surface area contributed by atoms with Gasteiger partial charge in [0.15, 0.2) is 0 Å². The van der Waals surface area contributed by atoms with Crippen LogP contribution in [0.4, 0.5) is 0 Å². The highest BCUT2D eigenvalue weighted by molar-refractivity contribution is 5.75. The van der Waals surface area contributed by atoms with Crippen LogP contribution in [0.3, 0.4) is 0 Å². The summed E-state index contributed by atoms with van der Waals surface area (Å²) >= 11 is 0. The average Bonchev–Trinajstić information content (AvgIpc) is 2.17. The molecule has 0 aromatic heterocycles. The van der Waals surface area contributed by atoms with Gasteiger partial charge in [-0.3, -0.25) is 9.59 Å². The van der Waals surface area contributed by atoms with Crippen LogP contribution in [0.15, 0.2) is 0 Å². The van der Waals surface area contributed by atoms with Gasteiger partial charge < -0.3 is 27.0 Å². The molecule has 0 aromatic rings. The molecular weight excluding hydrogens is 214 g/mol. The topological polar surface area (TPSA) is 139 Å². The van der Waals surface area contributed by atoms with Gasteiger partial charge in [-0.25, -0.2) is 0 Å². The second-order valence-electron chi connectivity index (χ2n) is 3.57. The highest BCUT2D eigenvalue weighted by Crippen LogP contribution is 1.98. The van der Waals surface area contributed by atoms with E-state index >= 15 is 0 Å². The molecule has 16 heavy (non-hydrogen) atoms. The summed E-state index contributed by atoms with van der Waals surface area (Å²) < 4.78 is 0. The van der Waals surface area contributed by atoms with E-state index in [1.165, 1.54) is 0 Å². The lowest BCUT2D eigenvalue weighted by atomic mass is 10.1. The van der Waals surface area contributed by atoms with Crippen LogP contribution in [-0.2, 0) is 9.59 Å². The largest absolute Gasteiger partial charge is 0.481 e. The van der Waals surface area contributed by atoms with Crippen LogP contribution >= 0.6 is 0 Å². The predicted molar refractivity (Wildman–Crippen MR) is 57.9 cm³/mol. The molecule has 7 N–H and O–H groups in total. The van der Waals surface area contributed by atoms with E-state index in [2.05, 4.69) is 5.32 Å². The third-order valence-electron chi connectivity index (χ3n) is 2.11. The van der Waals surface area contributed by atoms with Gasteiger partial charge in [0.2, 0.25) is 0 Å². The molecule has 0 aromatic carbocycles. The molecule has 2 atom stereocenters. The number of carboxylic acids is 2. The van der Waals surface area contributed by atoms with Crippen LogP contribution in [0.25, 0.3) is 0 Å². The fourth-order valence-electron chi connectivity index (χ4n) is 1.19. The minimum atomic E-state index is -1.07. The number of nitrogens with one attached hydrogen (secondary N) is 1. The van der Waals surface area contributed by atoms with Crippen LogP contribution in [0.1, 0.15) is 19.3 Å². The number of carbonyl (C=O) groups is 2. The molecular formula is C9H19N3O4. The van der Waals surface area contributed by atoms with Crippen LogP contribution in [0.2, 0.25) is 0 Å². The van der Waals surface area contributed by atoms with Gasteiger partial charge in [0.1, 0.15) is 6.04 Å². The van der Waals surface area contributed by atoms with Crippen molar-refractivity contribution < 1.29 is 19.8 Å². The van der Waals surface area contributed by atoms with E-state index in [1.54, 1.807) is 0 Å². The van der Waals surface area contributed by atoms with Crippen molar-refractivity contribution in [3.63, 3.8) is 0 Å². The Labute approximate surface area is 93.8 Å². The Hall–Kier alpha value is -1.18. The molecule has 0 amide bonds. The van der Waals surface area contributed by atoms with Gasteiger partial charge in [-0.1, -0.05) is 0 Å². The number of hydrogen-bond donors (Lipinski definition) is 5. The molecule has 0 aliphatic carbocycles. The molecule has 0 heterocycles. The lowest BCUT2D eigenvalue weighted by molar-refractivity contribution is -0.140. The van der Waals surface area contributed by atoms with Crippen LogP contribution in [-0.4, -0.2) is 47.3 Å². The third-order valence-corrected chi connectivity index (χ3v) is 2.11. The molecule has 7 heteroatoms. The Morgan fingerprint density at radius 3 is 2.31 bits per heavy atom. The minimum Gasteiger partial charge on any atom is -0.481 e. The van der Waals surface area contributed by atoms with Crippen molar-refractivity contribution in [2.75, 3.05) is 13.1 Å². The second-order valence-corrected chi connectivity index (χ2v) is 3.57. The van der Waals surface area contributed by atoms with E-state index in [0.717, 1.165) is 0 Å². The average molecular weight is 233 g/mol. The van der Waals surface area contributed by atoms with Crippen molar-refractivity contribution in [3.05, 3.63) is 0 Å². The molecule has 0 rings (SSSR count). The van der Waals surface area contributed by atoms with Crippen molar-refractivity contribution in [1.82, 2.24) is 5.32 Å². The highest BCUT2D eigenvalue weighted by Gasteiger charge is 2.18. The fourth-order valence-corrected chi connectivity index (χ4v) is 1.19. The van der Waals surface area contributed by atoms with Gasteiger partial charge in [0.05, 0.1) is 0 Å². The summed E-state index contributed by atoms with van der Waals surface area (Å²) in [6.45, 7) is 0.753. The smallest absolute Gasteiger partial charge is 0.320 e. The maximum Gasteiger partial charge on any atom is 0.320 e. The maximum atomic E-state index is 10.8. The van der Waals surface area contributed by atoms with Crippen LogP contribution in [0.5, 0.6) is 0 Å². The summed E-state index contributed by atoms with van der Waals surface area (Å²) in [4.78, 5) is 21.1. The zero-order valence-electron chi connectivity index (χ0n) is 9.06. The van der Waals surface area contributed by atoms with Crippen molar-refractivity contribution >= 4 is 11.9 Å². The molecule has 0 aliphatic heterocycles. The van der Waals surface area contributed by atoms with Crippen molar-refractivity contribution in [3.8, 4) is 0 Å². The van der Waals surface area contributed by atoms with Gasteiger partial charge in [-0.05, 0) is 19.4 Å².